The monoisotopic (exact) mass is 209 g/mol. The van der Waals surface area contributed by atoms with Crippen LogP contribution in [0.25, 0.3) is 0 Å². The molecular weight excluding hydrogens is 198 g/mol. The second kappa shape index (κ2) is 4.01. The Labute approximate surface area is 88.5 Å². The molecule has 1 atom stereocenters. The molecule has 1 aromatic carbocycles. The molecule has 0 bridgehead atoms. The minimum absolute atomic E-state index is 0.00917. The Morgan fingerprint density at radius 2 is 2.14 bits per heavy atom. The van der Waals surface area contributed by atoms with Crippen LogP contribution in [0.5, 0.6) is 0 Å². The van der Waals surface area contributed by atoms with Crippen molar-refractivity contribution >= 4 is 23.1 Å². The van der Waals surface area contributed by atoms with Crippen LogP contribution in [0.1, 0.15) is 6.42 Å². The molecule has 1 aliphatic heterocycles. The molecule has 74 valence electrons. The SMILES string of the molecule is O=C(CCl)[C@H]1CCN1c1ccccc1. The fraction of sp³-hybridized carbons (Fsp3) is 0.364. The molecule has 1 aromatic rings. The Kier molecular flexibility index (Phi) is 2.73. The molecule has 0 aliphatic carbocycles. The fourth-order valence-electron chi connectivity index (χ4n) is 1.74. The van der Waals surface area contributed by atoms with Crippen molar-refractivity contribution in [3.05, 3.63) is 30.3 Å². The zero-order chi connectivity index (χ0) is 9.97. The summed E-state index contributed by atoms with van der Waals surface area (Å²) in [6.07, 6.45) is 0.931. The summed E-state index contributed by atoms with van der Waals surface area (Å²) >= 11 is 5.54. The van der Waals surface area contributed by atoms with Gasteiger partial charge in [0.15, 0.2) is 5.78 Å². The molecule has 1 heterocycles. The average Bonchev–Trinajstić information content (AvgIpc) is 2.17. The number of hydrogen-bond donors (Lipinski definition) is 0. The van der Waals surface area contributed by atoms with E-state index in [0.29, 0.717) is 0 Å². The van der Waals surface area contributed by atoms with Crippen LogP contribution in [0.3, 0.4) is 0 Å². The summed E-state index contributed by atoms with van der Waals surface area (Å²) < 4.78 is 0. The minimum Gasteiger partial charge on any atom is -0.361 e. The van der Waals surface area contributed by atoms with Gasteiger partial charge in [-0.1, -0.05) is 18.2 Å². The third-order valence-electron chi connectivity index (χ3n) is 2.61. The van der Waals surface area contributed by atoms with Crippen LogP contribution in [-0.2, 0) is 4.79 Å². The molecule has 2 rings (SSSR count). The summed E-state index contributed by atoms with van der Waals surface area (Å²) in [6.45, 7) is 0.956. The Morgan fingerprint density at radius 3 is 2.64 bits per heavy atom. The maximum absolute atomic E-state index is 11.4. The first kappa shape index (κ1) is 9.53. The van der Waals surface area contributed by atoms with Gasteiger partial charge in [-0.25, -0.2) is 0 Å². The molecule has 3 heteroatoms. The number of halogens is 1. The second-order valence-corrected chi connectivity index (χ2v) is 3.70. The lowest BCUT2D eigenvalue weighted by Gasteiger charge is -2.41. The average molecular weight is 210 g/mol. The third-order valence-corrected chi connectivity index (χ3v) is 2.87. The van der Waals surface area contributed by atoms with Crippen molar-refractivity contribution in [1.29, 1.82) is 0 Å². The van der Waals surface area contributed by atoms with Crippen LogP contribution >= 0.6 is 11.6 Å². The zero-order valence-electron chi connectivity index (χ0n) is 7.82. The largest absolute Gasteiger partial charge is 0.361 e. The van der Waals surface area contributed by atoms with Gasteiger partial charge in [-0.3, -0.25) is 4.79 Å². The zero-order valence-corrected chi connectivity index (χ0v) is 8.57. The van der Waals surface area contributed by atoms with Crippen molar-refractivity contribution < 1.29 is 4.79 Å². The van der Waals surface area contributed by atoms with Crippen LogP contribution in [0.2, 0.25) is 0 Å². The minimum atomic E-state index is 0.00917. The lowest BCUT2D eigenvalue weighted by molar-refractivity contribution is -0.119. The normalized spacial score (nSPS) is 20.4. The lowest BCUT2D eigenvalue weighted by atomic mass is 9.98. The van der Waals surface area contributed by atoms with Crippen LogP contribution in [0, 0.1) is 0 Å². The van der Waals surface area contributed by atoms with E-state index >= 15 is 0 Å². The molecule has 14 heavy (non-hydrogen) atoms. The summed E-state index contributed by atoms with van der Waals surface area (Å²) in [5.74, 6) is 0.246. The van der Waals surface area contributed by atoms with Gasteiger partial charge in [0, 0.05) is 12.2 Å². The first-order valence-electron chi connectivity index (χ1n) is 4.73. The number of carbonyl (C=O) groups excluding carboxylic acids is 1. The first-order valence-corrected chi connectivity index (χ1v) is 5.27. The quantitative estimate of drug-likeness (QED) is 0.711. The molecule has 0 amide bonds. The van der Waals surface area contributed by atoms with Gasteiger partial charge < -0.3 is 4.90 Å². The van der Waals surface area contributed by atoms with Gasteiger partial charge in [-0.15, -0.1) is 11.6 Å². The molecule has 0 spiro atoms. The van der Waals surface area contributed by atoms with Gasteiger partial charge in [0.1, 0.15) is 0 Å². The highest BCUT2D eigenvalue weighted by molar-refractivity contribution is 6.28. The number of carbonyl (C=O) groups is 1. The summed E-state index contributed by atoms with van der Waals surface area (Å²) in [5.41, 5.74) is 1.11. The maximum Gasteiger partial charge on any atom is 0.169 e. The lowest BCUT2D eigenvalue weighted by Crippen LogP contribution is -2.53. The molecule has 1 fully saturated rings. The maximum atomic E-state index is 11.4. The summed E-state index contributed by atoms with van der Waals surface area (Å²) in [5, 5.41) is 0. The van der Waals surface area contributed by atoms with E-state index in [-0.39, 0.29) is 17.7 Å². The number of anilines is 1. The highest BCUT2D eigenvalue weighted by Crippen LogP contribution is 2.26. The first-order chi connectivity index (χ1) is 6.83. The second-order valence-electron chi connectivity index (χ2n) is 3.43. The number of rotatable bonds is 3. The van der Waals surface area contributed by atoms with Crippen LogP contribution in [-0.4, -0.2) is 24.2 Å². The molecule has 1 saturated heterocycles. The van der Waals surface area contributed by atoms with Crippen LogP contribution in [0.4, 0.5) is 5.69 Å². The van der Waals surface area contributed by atoms with Gasteiger partial charge in [-0.05, 0) is 18.6 Å². The summed E-state index contributed by atoms with van der Waals surface area (Å²) in [4.78, 5) is 13.5. The number of hydrogen-bond acceptors (Lipinski definition) is 2. The number of alkyl halides is 1. The van der Waals surface area contributed by atoms with E-state index in [9.17, 15) is 4.79 Å². The predicted molar refractivity (Wildman–Crippen MR) is 57.9 cm³/mol. The van der Waals surface area contributed by atoms with Crippen LogP contribution < -0.4 is 4.90 Å². The van der Waals surface area contributed by atoms with Crippen LogP contribution in [0.15, 0.2) is 30.3 Å². The van der Waals surface area contributed by atoms with E-state index in [0.717, 1.165) is 18.7 Å². The van der Waals surface area contributed by atoms with Crippen molar-refractivity contribution in [2.24, 2.45) is 0 Å². The summed E-state index contributed by atoms with van der Waals surface area (Å²) in [6, 6.07) is 9.99. The van der Waals surface area contributed by atoms with E-state index in [4.69, 9.17) is 11.6 Å². The Bertz CT molecular complexity index is 325. The highest BCUT2D eigenvalue weighted by atomic mass is 35.5. The van der Waals surface area contributed by atoms with Crippen molar-refractivity contribution in [3.63, 3.8) is 0 Å². The smallest absolute Gasteiger partial charge is 0.169 e. The predicted octanol–water partition coefficient (Wildman–Crippen LogP) is 2.07. The third kappa shape index (κ3) is 1.62. The number of benzene rings is 1. The topological polar surface area (TPSA) is 20.3 Å². The van der Waals surface area contributed by atoms with Crippen molar-refractivity contribution in [2.45, 2.75) is 12.5 Å². The highest BCUT2D eigenvalue weighted by Gasteiger charge is 2.33. The number of ketones is 1. The molecule has 2 nitrogen and oxygen atoms in total. The van der Waals surface area contributed by atoms with E-state index in [1.54, 1.807) is 0 Å². The molecular formula is C11H12ClNO. The standard InChI is InChI=1S/C11H12ClNO/c12-8-11(14)10-6-7-13(10)9-4-2-1-3-5-9/h1-5,10H,6-8H2/t10-/m1/s1. The van der Waals surface area contributed by atoms with E-state index in [2.05, 4.69) is 4.90 Å². The van der Waals surface area contributed by atoms with Crippen molar-refractivity contribution in [2.75, 3.05) is 17.3 Å². The fourth-order valence-corrected chi connectivity index (χ4v) is 1.92. The molecule has 0 N–H and O–H groups in total. The van der Waals surface area contributed by atoms with Crippen molar-refractivity contribution in [3.8, 4) is 0 Å². The Hall–Kier alpha value is -1.02. The number of nitrogens with zero attached hydrogens (tertiary/aromatic N) is 1. The Morgan fingerprint density at radius 1 is 1.43 bits per heavy atom. The molecule has 1 aliphatic rings. The summed E-state index contributed by atoms with van der Waals surface area (Å²) in [7, 11) is 0. The Balaban J connectivity index is 2.10. The molecule has 0 radical (unpaired) electrons. The molecule has 0 unspecified atom stereocenters. The van der Waals surface area contributed by atoms with E-state index in [1.165, 1.54) is 0 Å². The molecule has 0 saturated carbocycles. The van der Waals surface area contributed by atoms with E-state index < -0.39 is 0 Å². The van der Waals surface area contributed by atoms with Gasteiger partial charge in [0.05, 0.1) is 11.9 Å². The van der Waals surface area contributed by atoms with Gasteiger partial charge in [0.2, 0.25) is 0 Å². The van der Waals surface area contributed by atoms with Crippen molar-refractivity contribution in [1.82, 2.24) is 0 Å². The number of para-hydroxylation sites is 1. The van der Waals surface area contributed by atoms with Gasteiger partial charge in [0.25, 0.3) is 0 Å². The van der Waals surface area contributed by atoms with Gasteiger partial charge in [-0.2, -0.15) is 0 Å². The van der Waals surface area contributed by atoms with E-state index in [1.807, 2.05) is 30.3 Å². The molecule has 0 aromatic heterocycles. The van der Waals surface area contributed by atoms with Gasteiger partial charge >= 0.3 is 0 Å². The number of Topliss-reactive ketones (excluding diaryl/α,β-unsaturated/α-hetero) is 1.